The monoisotopic (exact) mass is 402 g/mol. The normalized spacial score (nSPS) is 11.0. The molecule has 10 heteroatoms. The Labute approximate surface area is 164 Å². The second-order valence-corrected chi connectivity index (χ2v) is 6.04. The van der Waals surface area contributed by atoms with E-state index >= 15 is 0 Å². The number of aryl methyl sites for hydroxylation is 1. The molecule has 150 valence electrons. The van der Waals surface area contributed by atoms with Crippen molar-refractivity contribution in [3.63, 3.8) is 0 Å². The van der Waals surface area contributed by atoms with E-state index in [2.05, 4.69) is 25.8 Å². The van der Waals surface area contributed by atoms with Crippen molar-refractivity contribution in [2.24, 2.45) is 0 Å². The zero-order valence-electron chi connectivity index (χ0n) is 15.3. The molecule has 7 nitrogen and oxygen atoms in total. The number of benzene rings is 1. The molecule has 29 heavy (non-hydrogen) atoms. The lowest BCUT2D eigenvalue weighted by Crippen LogP contribution is -2.17. The summed E-state index contributed by atoms with van der Waals surface area (Å²) in [6, 6.07) is 13.0. The molecule has 0 fully saturated rings. The van der Waals surface area contributed by atoms with Crippen molar-refractivity contribution in [2.75, 3.05) is 23.8 Å². The van der Waals surface area contributed by atoms with Gasteiger partial charge in [-0.3, -0.25) is 5.10 Å². The molecule has 3 aromatic rings. The van der Waals surface area contributed by atoms with Crippen LogP contribution in [0.5, 0.6) is 5.75 Å². The van der Waals surface area contributed by atoms with E-state index in [-0.39, 0.29) is 24.8 Å². The van der Waals surface area contributed by atoms with Crippen LogP contribution in [0.1, 0.15) is 16.8 Å². The molecule has 0 aliphatic heterocycles. The molecule has 0 saturated carbocycles. The summed E-state index contributed by atoms with van der Waals surface area (Å²) >= 11 is 0. The first-order valence-corrected chi connectivity index (χ1v) is 8.60. The van der Waals surface area contributed by atoms with Gasteiger partial charge < -0.3 is 15.4 Å². The van der Waals surface area contributed by atoms with Crippen LogP contribution in [0.15, 0.2) is 42.5 Å². The van der Waals surface area contributed by atoms with E-state index in [1.165, 1.54) is 0 Å². The number of nitrogens with one attached hydrogen (secondary N) is 3. The molecule has 3 rings (SSSR count). The van der Waals surface area contributed by atoms with E-state index in [0.29, 0.717) is 11.6 Å². The molecule has 0 saturated heterocycles. The van der Waals surface area contributed by atoms with Crippen LogP contribution >= 0.6 is 0 Å². The summed E-state index contributed by atoms with van der Waals surface area (Å²) in [6.07, 6.45) is -4.72. The number of rotatable bonds is 7. The third-order valence-electron chi connectivity index (χ3n) is 3.81. The average molecular weight is 402 g/mol. The highest BCUT2D eigenvalue weighted by Gasteiger charge is 2.36. The Morgan fingerprint density at radius 3 is 2.55 bits per heavy atom. The predicted molar refractivity (Wildman–Crippen MR) is 101 cm³/mol. The average Bonchev–Trinajstić information content (AvgIpc) is 3.09. The van der Waals surface area contributed by atoms with Crippen molar-refractivity contribution in [1.29, 1.82) is 5.26 Å². The highest BCUT2D eigenvalue weighted by Crippen LogP contribution is 2.36. The van der Waals surface area contributed by atoms with Crippen LogP contribution in [0, 0.1) is 18.3 Å². The summed E-state index contributed by atoms with van der Waals surface area (Å²) in [6.45, 7) is 2.08. The summed E-state index contributed by atoms with van der Waals surface area (Å²) < 4.78 is 45.9. The van der Waals surface area contributed by atoms with Crippen LogP contribution < -0.4 is 15.4 Å². The number of hydrogen-bond donors (Lipinski definition) is 3. The van der Waals surface area contributed by atoms with Gasteiger partial charge >= 0.3 is 6.18 Å². The molecule has 0 spiro atoms. The number of H-pyrrole nitrogens is 1. The largest absolute Gasteiger partial charge is 0.492 e. The molecular formula is C19H17F3N6O. The van der Waals surface area contributed by atoms with Crippen molar-refractivity contribution in [1.82, 2.24) is 15.2 Å². The van der Waals surface area contributed by atoms with Gasteiger partial charge in [0, 0.05) is 11.8 Å². The SMILES string of the molecule is Cc1cc(Nc2cc(C(F)(F)F)c(C#N)c(NCCOc3ccccc3)n2)n[nH]1. The number of anilines is 3. The van der Waals surface area contributed by atoms with Gasteiger partial charge in [-0.25, -0.2) is 4.98 Å². The second kappa shape index (κ2) is 8.52. The Hall–Kier alpha value is -3.74. The first kappa shape index (κ1) is 20.0. The minimum Gasteiger partial charge on any atom is -0.492 e. The number of aromatic amines is 1. The van der Waals surface area contributed by atoms with Gasteiger partial charge in [-0.1, -0.05) is 18.2 Å². The van der Waals surface area contributed by atoms with Crippen molar-refractivity contribution < 1.29 is 17.9 Å². The lowest BCUT2D eigenvalue weighted by molar-refractivity contribution is -0.137. The van der Waals surface area contributed by atoms with Gasteiger partial charge in [-0.15, -0.1) is 0 Å². The molecule has 0 atom stereocenters. The number of alkyl halides is 3. The van der Waals surface area contributed by atoms with Crippen molar-refractivity contribution in [3.8, 4) is 11.8 Å². The first-order valence-electron chi connectivity index (χ1n) is 8.60. The van der Waals surface area contributed by atoms with Crippen LogP contribution in [0.25, 0.3) is 0 Å². The van der Waals surface area contributed by atoms with Crippen molar-refractivity contribution in [2.45, 2.75) is 13.1 Å². The Bertz CT molecular complexity index is 1010. The predicted octanol–water partition coefficient (Wildman–Crippen LogP) is 4.24. The Morgan fingerprint density at radius 2 is 1.93 bits per heavy atom. The minimum atomic E-state index is -4.72. The number of nitrogens with zero attached hydrogens (tertiary/aromatic N) is 3. The van der Waals surface area contributed by atoms with Gasteiger partial charge in [-0.2, -0.15) is 23.5 Å². The summed E-state index contributed by atoms with van der Waals surface area (Å²) in [5.74, 6) is 0.664. The maximum atomic E-state index is 13.5. The summed E-state index contributed by atoms with van der Waals surface area (Å²) in [5, 5.41) is 21.3. The number of hydrogen-bond acceptors (Lipinski definition) is 6. The van der Waals surface area contributed by atoms with Gasteiger partial charge in [0.05, 0.1) is 12.1 Å². The molecule has 2 heterocycles. The van der Waals surface area contributed by atoms with E-state index in [4.69, 9.17) is 4.74 Å². The number of pyridine rings is 1. The van der Waals surface area contributed by atoms with Crippen LogP contribution in [0.4, 0.5) is 30.6 Å². The second-order valence-electron chi connectivity index (χ2n) is 6.04. The van der Waals surface area contributed by atoms with Crippen LogP contribution in [-0.2, 0) is 6.18 Å². The number of ether oxygens (including phenoxy) is 1. The molecule has 0 unspecified atom stereocenters. The molecule has 0 aliphatic carbocycles. The zero-order chi connectivity index (χ0) is 20.9. The molecule has 0 bridgehead atoms. The lowest BCUT2D eigenvalue weighted by atomic mass is 10.1. The highest BCUT2D eigenvalue weighted by atomic mass is 19.4. The fourth-order valence-corrected chi connectivity index (χ4v) is 2.54. The Balaban J connectivity index is 1.81. The van der Waals surface area contributed by atoms with Crippen molar-refractivity contribution in [3.05, 3.63) is 59.3 Å². The van der Waals surface area contributed by atoms with Gasteiger partial charge in [0.25, 0.3) is 0 Å². The fourth-order valence-electron chi connectivity index (χ4n) is 2.54. The van der Waals surface area contributed by atoms with Crippen LogP contribution in [0.2, 0.25) is 0 Å². The summed E-state index contributed by atoms with van der Waals surface area (Å²) in [4.78, 5) is 4.11. The minimum absolute atomic E-state index is 0.0886. The van der Waals surface area contributed by atoms with Gasteiger partial charge in [0.1, 0.15) is 35.6 Å². The Morgan fingerprint density at radius 1 is 1.17 bits per heavy atom. The molecular weight excluding hydrogens is 385 g/mol. The van der Waals surface area contributed by atoms with Gasteiger partial charge in [-0.05, 0) is 25.1 Å². The quantitative estimate of drug-likeness (QED) is 0.512. The fraction of sp³-hybridized carbons (Fsp3) is 0.211. The third-order valence-corrected chi connectivity index (χ3v) is 3.81. The van der Waals surface area contributed by atoms with Gasteiger partial charge in [0.2, 0.25) is 0 Å². The van der Waals surface area contributed by atoms with E-state index in [0.717, 1.165) is 11.8 Å². The maximum Gasteiger partial charge on any atom is 0.417 e. The maximum absolute atomic E-state index is 13.5. The van der Waals surface area contributed by atoms with Crippen LogP contribution in [-0.4, -0.2) is 28.3 Å². The summed E-state index contributed by atoms with van der Waals surface area (Å²) in [7, 11) is 0. The number of aromatic nitrogens is 3. The molecule has 2 aromatic heterocycles. The van der Waals surface area contributed by atoms with Crippen LogP contribution in [0.3, 0.4) is 0 Å². The zero-order valence-corrected chi connectivity index (χ0v) is 15.3. The van der Waals surface area contributed by atoms with E-state index in [1.807, 2.05) is 6.07 Å². The Kier molecular flexibility index (Phi) is 5.87. The first-order chi connectivity index (χ1) is 13.9. The molecule has 3 N–H and O–H groups in total. The van der Waals surface area contributed by atoms with E-state index in [9.17, 15) is 18.4 Å². The molecule has 0 aliphatic rings. The number of para-hydroxylation sites is 1. The van der Waals surface area contributed by atoms with Crippen molar-refractivity contribution >= 4 is 17.5 Å². The molecule has 0 amide bonds. The van der Waals surface area contributed by atoms with Gasteiger partial charge in [0.15, 0.2) is 5.82 Å². The molecule has 1 aromatic carbocycles. The third kappa shape index (κ3) is 5.16. The standard InChI is InChI=1S/C19H17F3N6O/c1-12-9-17(28-27-12)25-16-10-15(19(20,21)22)14(11-23)18(26-16)24-7-8-29-13-5-3-2-4-6-13/h2-6,9-10H,7-8H2,1H3,(H3,24,25,26,27,28). The molecule has 0 radical (unpaired) electrons. The number of halogens is 3. The lowest BCUT2D eigenvalue weighted by Gasteiger charge is -2.16. The topological polar surface area (TPSA) is 98.7 Å². The summed E-state index contributed by atoms with van der Waals surface area (Å²) in [5.41, 5.74) is -0.939. The smallest absolute Gasteiger partial charge is 0.417 e. The highest BCUT2D eigenvalue weighted by molar-refractivity contribution is 5.64. The van der Waals surface area contributed by atoms with E-state index < -0.39 is 17.3 Å². The van der Waals surface area contributed by atoms with E-state index in [1.54, 1.807) is 43.3 Å². The number of nitriles is 1.